The highest BCUT2D eigenvalue weighted by Crippen LogP contribution is 2.33. The van der Waals surface area contributed by atoms with Crippen LogP contribution < -0.4 is 0 Å². The van der Waals surface area contributed by atoms with Crippen LogP contribution in [-0.2, 0) is 0 Å². The molecule has 2 rings (SSSR count). The minimum Gasteiger partial charge on any atom is -0.317 e. The average molecular weight is 229 g/mol. The molecule has 0 aromatic heterocycles. The molecular weight excluding hydrogens is 206 g/mol. The van der Waals surface area contributed by atoms with Gasteiger partial charge in [0, 0.05) is 12.1 Å². The van der Waals surface area contributed by atoms with E-state index in [1.54, 1.807) is 0 Å². The van der Waals surface area contributed by atoms with Crippen LogP contribution >= 0.6 is 12.2 Å². The van der Waals surface area contributed by atoms with Crippen molar-refractivity contribution in [2.24, 2.45) is 0 Å². The lowest BCUT2D eigenvalue weighted by atomic mass is 9.91. The lowest BCUT2D eigenvalue weighted by molar-refractivity contribution is 0.177. The fraction of sp³-hybridized carbons (Fsp3) is 1.00. The van der Waals surface area contributed by atoms with E-state index in [-0.39, 0.29) is 0 Å². The summed E-state index contributed by atoms with van der Waals surface area (Å²) in [7, 11) is 0. The van der Waals surface area contributed by atoms with E-state index in [2.05, 4.69) is 4.31 Å². The van der Waals surface area contributed by atoms with Crippen molar-refractivity contribution in [3.63, 3.8) is 0 Å². The third kappa shape index (κ3) is 3.11. The van der Waals surface area contributed by atoms with Crippen LogP contribution in [-0.4, -0.2) is 20.9 Å². The van der Waals surface area contributed by atoms with E-state index in [1.165, 1.54) is 64.2 Å². The van der Waals surface area contributed by atoms with Crippen molar-refractivity contribution in [2.75, 3.05) is 0 Å². The molecule has 0 radical (unpaired) electrons. The first-order valence-corrected chi connectivity index (χ1v) is 7.24. The van der Waals surface area contributed by atoms with Crippen LogP contribution in [0.15, 0.2) is 0 Å². The van der Waals surface area contributed by atoms with Crippen LogP contribution in [0.3, 0.4) is 0 Å². The largest absolute Gasteiger partial charge is 0.317 e. The number of hydrogen-bond donors (Lipinski definition) is 1. The van der Waals surface area contributed by atoms with Crippen LogP contribution in [0.25, 0.3) is 0 Å². The van der Waals surface area contributed by atoms with Crippen molar-refractivity contribution in [1.29, 1.82) is 0 Å². The van der Waals surface area contributed by atoms with Gasteiger partial charge in [-0.2, -0.15) is 0 Å². The zero-order valence-electron chi connectivity index (χ0n) is 9.53. The zero-order valence-corrected chi connectivity index (χ0v) is 10.3. The van der Waals surface area contributed by atoms with E-state index in [0.29, 0.717) is 12.1 Å². The van der Waals surface area contributed by atoms with Crippen molar-refractivity contribution in [2.45, 2.75) is 76.3 Å². The lowest BCUT2D eigenvalue weighted by Gasteiger charge is -2.38. The Balaban J connectivity index is 1.88. The zero-order chi connectivity index (χ0) is 10.5. The van der Waals surface area contributed by atoms with E-state index < -0.39 is 0 Å². The van der Waals surface area contributed by atoms with Gasteiger partial charge in [-0.1, -0.05) is 38.5 Å². The van der Waals surface area contributed by atoms with Crippen molar-refractivity contribution in [3.8, 4) is 0 Å². The van der Waals surface area contributed by atoms with Crippen LogP contribution in [0.1, 0.15) is 64.2 Å². The molecule has 2 aliphatic rings. The highest BCUT2D eigenvalue weighted by molar-refractivity contribution is 7.91. The predicted molar refractivity (Wildman–Crippen MR) is 65.8 cm³/mol. The van der Waals surface area contributed by atoms with Gasteiger partial charge in [0.25, 0.3) is 0 Å². The van der Waals surface area contributed by atoms with Gasteiger partial charge in [-0.3, -0.25) is 0 Å². The van der Waals surface area contributed by atoms with Gasteiger partial charge in [0.15, 0.2) is 0 Å². The number of hydrogen-bond acceptors (Lipinski definition) is 3. The Hall–Kier alpha value is 0.270. The second kappa shape index (κ2) is 6.12. The molecule has 0 bridgehead atoms. The first kappa shape index (κ1) is 11.7. The molecule has 0 unspecified atom stereocenters. The maximum absolute atomic E-state index is 9.47. The summed E-state index contributed by atoms with van der Waals surface area (Å²) >= 11 is 1.02. The van der Waals surface area contributed by atoms with Crippen molar-refractivity contribution in [1.82, 2.24) is 4.31 Å². The minimum atomic E-state index is 0.650. The summed E-state index contributed by atoms with van der Waals surface area (Å²) in [4.78, 5) is 0. The van der Waals surface area contributed by atoms with Crippen molar-refractivity contribution < 1.29 is 4.55 Å². The number of nitrogens with zero attached hydrogens (tertiary/aromatic N) is 1. The minimum absolute atomic E-state index is 0.650. The molecule has 2 aliphatic carbocycles. The Morgan fingerprint density at radius 2 is 1.13 bits per heavy atom. The van der Waals surface area contributed by atoms with Gasteiger partial charge >= 0.3 is 0 Å². The van der Waals surface area contributed by atoms with E-state index in [9.17, 15) is 4.55 Å². The molecule has 3 heteroatoms. The van der Waals surface area contributed by atoms with Gasteiger partial charge in [-0.25, -0.2) is 4.31 Å². The molecule has 2 fully saturated rings. The standard InChI is InChI=1S/C12H23NOS/c14-15-13(11-7-3-1-4-8-11)12-9-5-2-6-10-12/h11-12,14H,1-10H2. The Morgan fingerprint density at radius 1 is 0.733 bits per heavy atom. The average Bonchev–Trinajstić information content (AvgIpc) is 2.33. The topological polar surface area (TPSA) is 23.5 Å². The highest BCUT2D eigenvalue weighted by atomic mass is 32.2. The second-order valence-corrected chi connectivity index (χ2v) is 5.61. The highest BCUT2D eigenvalue weighted by Gasteiger charge is 2.29. The summed E-state index contributed by atoms with van der Waals surface area (Å²) in [5.74, 6) is 0. The van der Waals surface area contributed by atoms with Gasteiger partial charge in [0.1, 0.15) is 0 Å². The molecule has 0 atom stereocenters. The predicted octanol–water partition coefficient (Wildman–Crippen LogP) is 4.08. The smallest absolute Gasteiger partial charge is 0.0795 e. The summed E-state index contributed by atoms with van der Waals surface area (Å²) in [5.41, 5.74) is 0. The van der Waals surface area contributed by atoms with E-state index in [1.807, 2.05) is 0 Å². The normalized spacial score (nSPS) is 26.0. The van der Waals surface area contributed by atoms with Crippen molar-refractivity contribution >= 4 is 12.2 Å². The Kier molecular flexibility index (Phi) is 4.79. The van der Waals surface area contributed by atoms with E-state index in [4.69, 9.17) is 0 Å². The molecule has 0 amide bonds. The van der Waals surface area contributed by atoms with Gasteiger partial charge in [0.05, 0.1) is 12.2 Å². The third-order valence-corrected chi connectivity index (χ3v) is 4.75. The first-order chi connectivity index (χ1) is 7.42. The first-order valence-electron chi connectivity index (χ1n) is 6.51. The van der Waals surface area contributed by atoms with Crippen LogP contribution in [0.2, 0.25) is 0 Å². The Morgan fingerprint density at radius 3 is 1.47 bits per heavy atom. The summed E-state index contributed by atoms with van der Waals surface area (Å²) in [6.07, 6.45) is 13.4. The molecular formula is C12H23NOS. The second-order valence-electron chi connectivity index (χ2n) is 5.03. The molecule has 2 nitrogen and oxygen atoms in total. The SMILES string of the molecule is OSN(C1CCCCC1)C1CCCCC1. The summed E-state index contributed by atoms with van der Waals surface area (Å²) < 4.78 is 11.8. The molecule has 2 saturated carbocycles. The number of rotatable bonds is 3. The summed E-state index contributed by atoms with van der Waals surface area (Å²) in [6.45, 7) is 0. The van der Waals surface area contributed by atoms with E-state index in [0.717, 1.165) is 12.2 Å². The summed E-state index contributed by atoms with van der Waals surface area (Å²) in [6, 6.07) is 1.30. The Bertz CT molecular complexity index is 158. The molecule has 0 aliphatic heterocycles. The lowest BCUT2D eigenvalue weighted by Crippen LogP contribution is -2.40. The fourth-order valence-electron chi connectivity index (χ4n) is 3.10. The third-order valence-electron chi connectivity index (χ3n) is 3.96. The molecule has 0 saturated heterocycles. The summed E-state index contributed by atoms with van der Waals surface area (Å²) in [5, 5.41) is 0. The van der Waals surface area contributed by atoms with Gasteiger partial charge in [0.2, 0.25) is 0 Å². The molecule has 0 heterocycles. The molecule has 0 aromatic rings. The van der Waals surface area contributed by atoms with Crippen molar-refractivity contribution in [3.05, 3.63) is 0 Å². The van der Waals surface area contributed by atoms with Crippen LogP contribution in [0.5, 0.6) is 0 Å². The maximum Gasteiger partial charge on any atom is 0.0795 e. The van der Waals surface area contributed by atoms with Gasteiger partial charge in [-0.05, 0) is 25.7 Å². The molecule has 0 aromatic carbocycles. The quantitative estimate of drug-likeness (QED) is 0.583. The van der Waals surface area contributed by atoms with Crippen LogP contribution in [0.4, 0.5) is 0 Å². The molecule has 1 N–H and O–H groups in total. The molecule has 0 spiro atoms. The molecule has 15 heavy (non-hydrogen) atoms. The molecule has 88 valence electrons. The van der Waals surface area contributed by atoms with Crippen LogP contribution in [0, 0.1) is 0 Å². The van der Waals surface area contributed by atoms with Gasteiger partial charge < -0.3 is 4.55 Å². The monoisotopic (exact) mass is 229 g/mol. The fourth-order valence-corrected chi connectivity index (χ4v) is 3.79. The van der Waals surface area contributed by atoms with E-state index >= 15 is 0 Å². The Labute approximate surface area is 97.8 Å². The maximum atomic E-state index is 9.47. The van der Waals surface area contributed by atoms with Gasteiger partial charge in [-0.15, -0.1) is 0 Å².